The van der Waals surface area contributed by atoms with E-state index in [-0.39, 0.29) is 0 Å². The monoisotopic (exact) mass is 277 g/mol. The van der Waals surface area contributed by atoms with Gasteiger partial charge in [-0.15, -0.1) is 0 Å². The average molecular weight is 277 g/mol. The third-order valence-corrected chi connectivity index (χ3v) is 4.47. The van der Waals surface area contributed by atoms with E-state index in [1.807, 2.05) is 12.1 Å². The SMILES string of the molecule is COc1cccc(N2CCOC3CCCC32)c1[C@H](C)O. The zero-order chi connectivity index (χ0) is 14.1. The first-order valence-corrected chi connectivity index (χ1v) is 7.45. The third-order valence-electron chi connectivity index (χ3n) is 4.47. The number of nitrogens with zero attached hydrogens (tertiary/aromatic N) is 1. The van der Waals surface area contributed by atoms with Gasteiger partial charge in [-0.05, 0) is 38.3 Å². The van der Waals surface area contributed by atoms with Crippen LogP contribution in [0.3, 0.4) is 0 Å². The number of morpholine rings is 1. The van der Waals surface area contributed by atoms with Crippen LogP contribution in [-0.4, -0.2) is 37.5 Å². The van der Waals surface area contributed by atoms with E-state index in [1.54, 1.807) is 14.0 Å². The van der Waals surface area contributed by atoms with Crippen molar-refractivity contribution in [3.8, 4) is 5.75 Å². The van der Waals surface area contributed by atoms with E-state index in [9.17, 15) is 5.11 Å². The molecule has 2 unspecified atom stereocenters. The van der Waals surface area contributed by atoms with Gasteiger partial charge in [0, 0.05) is 17.8 Å². The Balaban J connectivity index is 2.00. The van der Waals surface area contributed by atoms with Gasteiger partial charge in [0.1, 0.15) is 5.75 Å². The molecule has 1 N–H and O–H groups in total. The minimum atomic E-state index is -0.538. The molecule has 4 heteroatoms. The van der Waals surface area contributed by atoms with E-state index in [0.29, 0.717) is 12.1 Å². The highest BCUT2D eigenvalue weighted by Gasteiger charge is 2.37. The van der Waals surface area contributed by atoms with E-state index < -0.39 is 6.10 Å². The number of anilines is 1. The van der Waals surface area contributed by atoms with E-state index in [1.165, 1.54) is 12.8 Å². The lowest BCUT2D eigenvalue weighted by Crippen LogP contribution is -2.49. The topological polar surface area (TPSA) is 41.9 Å². The predicted molar refractivity (Wildman–Crippen MR) is 78.4 cm³/mol. The molecule has 1 aromatic rings. The number of hydrogen-bond acceptors (Lipinski definition) is 4. The predicted octanol–water partition coefficient (Wildman–Crippen LogP) is 2.51. The second-order valence-corrected chi connectivity index (χ2v) is 5.67. The highest BCUT2D eigenvalue weighted by Crippen LogP contribution is 2.39. The van der Waals surface area contributed by atoms with E-state index in [0.717, 1.165) is 36.6 Å². The number of benzene rings is 1. The zero-order valence-corrected chi connectivity index (χ0v) is 12.2. The lowest BCUT2D eigenvalue weighted by Gasteiger charge is -2.40. The van der Waals surface area contributed by atoms with Crippen molar-refractivity contribution >= 4 is 5.69 Å². The van der Waals surface area contributed by atoms with Crippen molar-refractivity contribution in [3.05, 3.63) is 23.8 Å². The van der Waals surface area contributed by atoms with Crippen LogP contribution in [0.15, 0.2) is 18.2 Å². The van der Waals surface area contributed by atoms with Crippen LogP contribution in [0, 0.1) is 0 Å². The fourth-order valence-corrected chi connectivity index (χ4v) is 3.61. The molecule has 2 fully saturated rings. The quantitative estimate of drug-likeness (QED) is 0.922. The summed E-state index contributed by atoms with van der Waals surface area (Å²) in [7, 11) is 1.66. The molecule has 0 radical (unpaired) electrons. The number of ether oxygens (including phenoxy) is 2. The van der Waals surface area contributed by atoms with Gasteiger partial charge in [0.25, 0.3) is 0 Å². The summed E-state index contributed by atoms with van der Waals surface area (Å²) in [4.78, 5) is 2.41. The molecule has 3 rings (SSSR count). The molecule has 20 heavy (non-hydrogen) atoms. The summed E-state index contributed by atoms with van der Waals surface area (Å²) < 4.78 is 11.3. The van der Waals surface area contributed by atoms with Crippen molar-refractivity contribution in [3.63, 3.8) is 0 Å². The number of hydrogen-bond donors (Lipinski definition) is 1. The second-order valence-electron chi connectivity index (χ2n) is 5.67. The number of rotatable bonds is 3. The van der Waals surface area contributed by atoms with Crippen molar-refractivity contribution < 1.29 is 14.6 Å². The first-order valence-electron chi connectivity index (χ1n) is 7.45. The average Bonchev–Trinajstić information content (AvgIpc) is 2.94. The second kappa shape index (κ2) is 5.62. The Morgan fingerprint density at radius 1 is 1.40 bits per heavy atom. The molecule has 3 atom stereocenters. The summed E-state index contributed by atoms with van der Waals surface area (Å²) in [5.41, 5.74) is 1.99. The molecule has 0 amide bonds. The number of methoxy groups -OCH3 is 1. The van der Waals surface area contributed by atoms with Crippen molar-refractivity contribution in [2.75, 3.05) is 25.2 Å². The van der Waals surface area contributed by atoms with Crippen LogP contribution in [0.5, 0.6) is 5.75 Å². The van der Waals surface area contributed by atoms with Crippen LogP contribution in [0.1, 0.15) is 37.9 Å². The summed E-state index contributed by atoms with van der Waals surface area (Å²) in [5.74, 6) is 0.763. The normalized spacial score (nSPS) is 27.2. The van der Waals surface area contributed by atoms with Crippen molar-refractivity contribution in [2.24, 2.45) is 0 Å². The summed E-state index contributed by atoms with van der Waals surface area (Å²) >= 11 is 0. The van der Waals surface area contributed by atoms with E-state index in [4.69, 9.17) is 9.47 Å². The molecule has 110 valence electrons. The lowest BCUT2D eigenvalue weighted by atomic mass is 10.0. The molecule has 1 aliphatic carbocycles. The molecule has 1 aliphatic heterocycles. The zero-order valence-electron chi connectivity index (χ0n) is 12.2. The molecule has 1 saturated heterocycles. The van der Waals surface area contributed by atoms with E-state index in [2.05, 4.69) is 11.0 Å². The number of aliphatic hydroxyl groups is 1. The van der Waals surface area contributed by atoms with Gasteiger partial charge in [-0.3, -0.25) is 0 Å². The summed E-state index contributed by atoms with van der Waals surface area (Å²) in [5, 5.41) is 10.1. The van der Waals surface area contributed by atoms with Gasteiger partial charge < -0.3 is 19.5 Å². The molecule has 2 aliphatic rings. The Hall–Kier alpha value is -1.26. The number of aliphatic hydroxyl groups excluding tert-OH is 1. The fourth-order valence-electron chi connectivity index (χ4n) is 3.61. The van der Waals surface area contributed by atoms with Crippen molar-refractivity contribution in [2.45, 2.75) is 44.4 Å². The van der Waals surface area contributed by atoms with Gasteiger partial charge in [0.2, 0.25) is 0 Å². The standard InChI is InChI=1S/C16H23NO3/c1-11(18)16-13(6-4-8-15(16)19-2)17-9-10-20-14-7-3-5-12(14)17/h4,6,8,11-12,14,18H,3,5,7,9-10H2,1-2H3/t11-,12?,14?/m0/s1. The minimum Gasteiger partial charge on any atom is -0.496 e. The van der Waals surface area contributed by atoms with Gasteiger partial charge in [-0.1, -0.05) is 6.07 Å². The van der Waals surface area contributed by atoms with Gasteiger partial charge in [-0.25, -0.2) is 0 Å². The molecule has 1 saturated carbocycles. The molecular formula is C16H23NO3. The van der Waals surface area contributed by atoms with Gasteiger partial charge in [-0.2, -0.15) is 0 Å². The molecule has 0 aromatic heterocycles. The number of fused-ring (bicyclic) bond motifs is 1. The highest BCUT2D eigenvalue weighted by molar-refractivity contribution is 5.61. The van der Waals surface area contributed by atoms with Crippen LogP contribution in [0.2, 0.25) is 0 Å². The van der Waals surface area contributed by atoms with Crippen LogP contribution < -0.4 is 9.64 Å². The maximum absolute atomic E-state index is 10.1. The Bertz CT molecular complexity index is 475. The van der Waals surface area contributed by atoms with Crippen LogP contribution in [0.4, 0.5) is 5.69 Å². The Labute approximate surface area is 120 Å². The van der Waals surface area contributed by atoms with Crippen LogP contribution >= 0.6 is 0 Å². The maximum atomic E-state index is 10.1. The lowest BCUT2D eigenvalue weighted by molar-refractivity contribution is 0.0253. The first-order chi connectivity index (χ1) is 9.72. The highest BCUT2D eigenvalue weighted by atomic mass is 16.5. The van der Waals surface area contributed by atoms with E-state index >= 15 is 0 Å². The first kappa shape index (κ1) is 13.7. The van der Waals surface area contributed by atoms with Gasteiger partial charge in [0.05, 0.1) is 32.0 Å². The van der Waals surface area contributed by atoms with Crippen molar-refractivity contribution in [1.29, 1.82) is 0 Å². The molecule has 1 aromatic carbocycles. The summed E-state index contributed by atoms with van der Waals surface area (Å²) in [6.45, 7) is 3.44. The molecular weight excluding hydrogens is 254 g/mol. The summed E-state index contributed by atoms with van der Waals surface area (Å²) in [6.07, 6.45) is 3.34. The van der Waals surface area contributed by atoms with Gasteiger partial charge >= 0.3 is 0 Å². The minimum absolute atomic E-state index is 0.344. The summed E-state index contributed by atoms with van der Waals surface area (Å²) in [6, 6.07) is 6.44. The third kappa shape index (κ3) is 2.27. The van der Waals surface area contributed by atoms with Crippen LogP contribution in [-0.2, 0) is 4.74 Å². The van der Waals surface area contributed by atoms with Crippen molar-refractivity contribution in [1.82, 2.24) is 0 Å². The fraction of sp³-hybridized carbons (Fsp3) is 0.625. The van der Waals surface area contributed by atoms with Gasteiger partial charge in [0.15, 0.2) is 0 Å². The Morgan fingerprint density at radius 3 is 3.00 bits per heavy atom. The smallest absolute Gasteiger partial charge is 0.126 e. The Morgan fingerprint density at radius 2 is 2.25 bits per heavy atom. The van der Waals surface area contributed by atoms with Crippen LogP contribution in [0.25, 0.3) is 0 Å². The largest absolute Gasteiger partial charge is 0.496 e. The molecule has 1 heterocycles. The Kier molecular flexibility index (Phi) is 3.85. The molecule has 4 nitrogen and oxygen atoms in total. The molecule has 0 spiro atoms. The molecule has 0 bridgehead atoms. The maximum Gasteiger partial charge on any atom is 0.126 e.